The molecule has 1 fully saturated rings. The quantitative estimate of drug-likeness (QED) is 0.905. The van der Waals surface area contributed by atoms with Gasteiger partial charge in [-0.2, -0.15) is 11.8 Å². The lowest BCUT2D eigenvalue weighted by atomic mass is 9.89. The molecule has 1 aromatic heterocycles. The van der Waals surface area contributed by atoms with Gasteiger partial charge in [-0.25, -0.2) is 4.98 Å². The predicted octanol–water partition coefficient (Wildman–Crippen LogP) is 4.13. The SMILES string of the molecule is CCCNC1(c2nc3c(s2)CCCC3)CCCSC1C. The second kappa shape index (κ2) is 6.37. The first-order valence-corrected chi connectivity index (χ1v) is 9.98. The average Bonchev–Trinajstić information content (AvgIpc) is 2.91. The van der Waals surface area contributed by atoms with Crippen LogP contribution in [0.2, 0.25) is 0 Å². The molecule has 1 aliphatic carbocycles. The van der Waals surface area contributed by atoms with Gasteiger partial charge in [0.15, 0.2) is 0 Å². The first kappa shape index (κ1) is 14.9. The number of hydrogen-bond donors (Lipinski definition) is 1. The molecule has 1 N–H and O–H groups in total. The number of aromatic nitrogens is 1. The standard InChI is InChI=1S/C16H26N2S2/c1-3-10-17-16(9-6-11-19-12(16)2)15-18-13-7-4-5-8-14(13)20-15/h12,17H,3-11H2,1-2H3. The fourth-order valence-corrected chi connectivity index (χ4v) is 6.21. The Kier molecular flexibility index (Phi) is 4.73. The summed E-state index contributed by atoms with van der Waals surface area (Å²) in [5, 5.41) is 5.91. The Labute approximate surface area is 131 Å². The molecule has 0 spiro atoms. The summed E-state index contributed by atoms with van der Waals surface area (Å²) < 4.78 is 0. The van der Waals surface area contributed by atoms with Crippen molar-refractivity contribution in [3.63, 3.8) is 0 Å². The van der Waals surface area contributed by atoms with Crippen LogP contribution in [0.5, 0.6) is 0 Å². The van der Waals surface area contributed by atoms with E-state index < -0.39 is 0 Å². The highest BCUT2D eigenvalue weighted by Crippen LogP contribution is 2.44. The van der Waals surface area contributed by atoms with Crippen LogP contribution < -0.4 is 5.32 Å². The van der Waals surface area contributed by atoms with Gasteiger partial charge in [0.05, 0.1) is 11.2 Å². The zero-order chi connectivity index (χ0) is 14.0. The minimum absolute atomic E-state index is 0.140. The molecule has 3 rings (SSSR count). The van der Waals surface area contributed by atoms with Crippen LogP contribution in [0.4, 0.5) is 0 Å². The Morgan fingerprint density at radius 2 is 2.15 bits per heavy atom. The van der Waals surface area contributed by atoms with E-state index in [-0.39, 0.29) is 5.54 Å². The molecule has 1 aromatic rings. The van der Waals surface area contributed by atoms with Crippen LogP contribution in [0.15, 0.2) is 0 Å². The van der Waals surface area contributed by atoms with Crippen molar-refractivity contribution in [2.24, 2.45) is 0 Å². The number of aryl methyl sites for hydroxylation is 2. The van der Waals surface area contributed by atoms with Crippen LogP contribution in [0.25, 0.3) is 0 Å². The molecule has 2 heterocycles. The third-order valence-electron chi connectivity index (χ3n) is 4.70. The molecule has 1 saturated heterocycles. The zero-order valence-corrected chi connectivity index (χ0v) is 14.3. The lowest BCUT2D eigenvalue weighted by Crippen LogP contribution is -2.51. The van der Waals surface area contributed by atoms with Gasteiger partial charge in [0, 0.05) is 10.1 Å². The summed E-state index contributed by atoms with van der Waals surface area (Å²) in [6, 6.07) is 0. The zero-order valence-electron chi connectivity index (χ0n) is 12.7. The van der Waals surface area contributed by atoms with Crippen molar-refractivity contribution >= 4 is 23.1 Å². The van der Waals surface area contributed by atoms with E-state index >= 15 is 0 Å². The molecule has 20 heavy (non-hydrogen) atoms. The first-order valence-electron chi connectivity index (χ1n) is 8.12. The van der Waals surface area contributed by atoms with Crippen LogP contribution in [0.1, 0.15) is 61.5 Å². The minimum atomic E-state index is 0.140. The van der Waals surface area contributed by atoms with Gasteiger partial charge in [-0.15, -0.1) is 11.3 Å². The van der Waals surface area contributed by atoms with E-state index in [1.165, 1.54) is 61.4 Å². The maximum atomic E-state index is 5.09. The largest absolute Gasteiger partial charge is 0.305 e. The Morgan fingerprint density at radius 3 is 2.90 bits per heavy atom. The van der Waals surface area contributed by atoms with Crippen LogP contribution in [-0.4, -0.2) is 22.5 Å². The minimum Gasteiger partial charge on any atom is -0.305 e. The lowest BCUT2D eigenvalue weighted by molar-refractivity contribution is 0.295. The molecule has 2 nitrogen and oxygen atoms in total. The predicted molar refractivity (Wildman–Crippen MR) is 89.9 cm³/mol. The number of nitrogens with one attached hydrogen (secondary N) is 1. The van der Waals surface area contributed by atoms with E-state index in [2.05, 4.69) is 30.9 Å². The van der Waals surface area contributed by atoms with E-state index in [9.17, 15) is 0 Å². The van der Waals surface area contributed by atoms with Gasteiger partial charge >= 0.3 is 0 Å². The van der Waals surface area contributed by atoms with E-state index in [1.54, 1.807) is 4.88 Å². The number of nitrogens with zero attached hydrogens (tertiary/aromatic N) is 1. The summed E-state index contributed by atoms with van der Waals surface area (Å²) in [6.07, 6.45) is 8.92. The van der Waals surface area contributed by atoms with E-state index in [0.29, 0.717) is 5.25 Å². The van der Waals surface area contributed by atoms with Crippen molar-refractivity contribution in [3.05, 3.63) is 15.6 Å². The van der Waals surface area contributed by atoms with Crippen LogP contribution in [0.3, 0.4) is 0 Å². The number of thioether (sulfide) groups is 1. The summed E-state index contributed by atoms with van der Waals surface area (Å²) in [6.45, 7) is 5.76. The molecule has 2 unspecified atom stereocenters. The Bertz CT molecular complexity index is 434. The van der Waals surface area contributed by atoms with Crippen LogP contribution >= 0.6 is 23.1 Å². The molecule has 2 atom stereocenters. The third kappa shape index (κ3) is 2.67. The van der Waals surface area contributed by atoms with Crippen LogP contribution in [0, 0.1) is 0 Å². The maximum Gasteiger partial charge on any atom is 0.114 e. The van der Waals surface area contributed by atoms with E-state index in [4.69, 9.17) is 4.98 Å². The molecule has 0 radical (unpaired) electrons. The van der Waals surface area contributed by atoms with Crippen LogP contribution in [-0.2, 0) is 18.4 Å². The molecule has 4 heteroatoms. The third-order valence-corrected chi connectivity index (χ3v) is 7.46. The van der Waals surface area contributed by atoms with Crippen molar-refractivity contribution in [1.29, 1.82) is 0 Å². The normalized spacial score (nSPS) is 30.2. The molecule has 2 aliphatic rings. The molecule has 0 amide bonds. The summed E-state index contributed by atoms with van der Waals surface area (Å²) in [7, 11) is 0. The fraction of sp³-hybridized carbons (Fsp3) is 0.812. The fourth-order valence-electron chi connectivity index (χ4n) is 3.44. The maximum absolute atomic E-state index is 5.09. The van der Waals surface area contributed by atoms with Gasteiger partial charge in [-0.1, -0.05) is 13.8 Å². The molecule has 112 valence electrons. The monoisotopic (exact) mass is 310 g/mol. The first-order chi connectivity index (χ1) is 9.76. The van der Waals surface area contributed by atoms with Crippen molar-refractivity contribution in [1.82, 2.24) is 10.3 Å². The number of rotatable bonds is 4. The van der Waals surface area contributed by atoms with Gasteiger partial charge in [0.1, 0.15) is 5.01 Å². The number of thiazole rings is 1. The highest BCUT2D eigenvalue weighted by Gasteiger charge is 2.42. The molecule has 0 bridgehead atoms. The van der Waals surface area contributed by atoms with Crippen molar-refractivity contribution < 1.29 is 0 Å². The summed E-state index contributed by atoms with van der Waals surface area (Å²) >= 11 is 4.13. The lowest BCUT2D eigenvalue weighted by Gasteiger charge is -2.41. The highest BCUT2D eigenvalue weighted by atomic mass is 32.2. The molecular formula is C16H26N2S2. The Balaban J connectivity index is 1.93. The van der Waals surface area contributed by atoms with Gasteiger partial charge in [0.2, 0.25) is 0 Å². The van der Waals surface area contributed by atoms with Gasteiger partial charge in [-0.3, -0.25) is 0 Å². The van der Waals surface area contributed by atoms with Crippen molar-refractivity contribution in [2.45, 2.75) is 69.6 Å². The number of fused-ring (bicyclic) bond motifs is 1. The van der Waals surface area contributed by atoms with Gasteiger partial charge in [-0.05, 0) is 57.2 Å². The highest BCUT2D eigenvalue weighted by molar-refractivity contribution is 8.00. The van der Waals surface area contributed by atoms with Crippen molar-refractivity contribution in [3.8, 4) is 0 Å². The summed E-state index contributed by atoms with van der Waals surface area (Å²) in [5.74, 6) is 1.31. The summed E-state index contributed by atoms with van der Waals surface area (Å²) in [4.78, 5) is 6.67. The number of hydrogen-bond acceptors (Lipinski definition) is 4. The van der Waals surface area contributed by atoms with Gasteiger partial charge in [0.25, 0.3) is 0 Å². The summed E-state index contributed by atoms with van der Waals surface area (Å²) in [5.41, 5.74) is 1.55. The second-order valence-electron chi connectivity index (χ2n) is 6.11. The molecule has 0 saturated carbocycles. The van der Waals surface area contributed by atoms with Gasteiger partial charge < -0.3 is 5.32 Å². The van der Waals surface area contributed by atoms with Crippen molar-refractivity contribution in [2.75, 3.05) is 12.3 Å². The molecular weight excluding hydrogens is 284 g/mol. The van der Waals surface area contributed by atoms with E-state index in [0.717, 1.165) is 6.54 Å². The smallest absolute Gasteiger partial charge is 0.114 e. The van der Waals surface area contributed by atoms with E-state index in [1.807, 2.05) is 11.3 Å². The average molecular weight is 311 g/mol. The Hall–Kier alpha value is -0.0600. The molecule has 1 aliphatic heterocycles. The topological polar surface area (TPSA) is 24.9 Å². The Morgan fingerprint density at radius 1 is 1.30 bits per heavy atom. The molecule has 0 aromatic carbocycles. The second-order valence-corrected chi connectivity index (χ2v) is 8.64.